The average Bonchev–Trinajstić information content (AvgIpc) is 3.53. The van der Waals surface area contributed by atoms with E-state index in [4.69, 9.17) is 14.3 Å². The van der Waals surface area contributed by atoms with Crippen LogP contribution >= 0.6 is 15.9 Å². The summed E-state index contributed by atoms with van der Waals surface area (Å²) in [5, 5.41) is 28.0. The van der Waals surface area contributed by atoms with E-state index in [-0.39, 0.29) is 29.2 Å². The van der Waals surface area contributed by atoms with Crippen molar-refractivity contribution in [1.29, 1.82) is 0 Å². The van der Waals surface area contributed by atoms with Crippen molar-refractivity contribution >= 4 is 39.3 Å². The van der Waals surface area contributed by atoms with Gasteiger partial charge in [-0.25, -0.2) is 10.2 Å². The molecule has 1 amide bonds. The number of nitrogens with one attached hydrogen (secondary N) is 1. The zero-order chi connectivity index (χ0) is 27.2. The lowest BCUT2D eigenvalue weighted by atomic mass is 10.1. The zero-order valence-corrected chi connectivity index (χ0v) is 21.4. The first-order valence-electron chi connectivity index (χ1n) is 11.1. The number of nitro groups is 1. The number of amides is 1. The topological polar surface area (TPSA) is 162 Å². The molecule has 2 aromatic carbocycles. The Kier molecular flexibility index (Phi) is 7.97. The third kappa shape index (κ3) is 6.50. The van der Waals surface area contributed by atoms with Crippen LogP contribution in [0.15, 0.2) is 80.9 Å². The fourth-order valence-corrected chi connectivity index (χ4v) is 3.83. The lowest BCUT2D eigenvalue weighted by Crippen LogP contribution is -2.19. The van der Waals surface area contributed by atoms with Crippen LogP contribution in [0, 0.1) is 10.1 Å². The number of rotatable bonds is 10. The number of carboxylic acid groups (broad SMARTS) is 1. The molecule has 0 radical (unpaired) electrons. The van der Waals surface area contributed by atoms with Gasteiger partial charge in [-0.3, -0.25) is 4.79 Å². The molecule has 0 aliphatic heterocycles. The van der Waals surface area contributed by atoms with Crippen molar-refractivity contribution in [3.8, 4) is 5.75 Å². The molecule has 38 heavy (non-hydrogen) atoms. The maximum absolute atomic E-state index is 12.6. The number of halogens is 1. The number of carbonyl (C=O) groups excluding carboxylic acids is 1. The minimum absolute atomic E-state index is 0.0728. The second kappa shape index (κ2) is 11.5. The molecule has 2 heterocycles. The van der Waals surface area contributed by atoms with E-state index in [9.17, 15) is 19.7 Å². The lowest BCUT2D eigenvalue weighted by molar-refractivity contribution is -0.390. The van der Waals surface area contributed by atoms with Crippen molar-refractivity contribution in [1.82, 2.24) is 15.2 Å². The summed E-state index contributed by atoms with van der Waals surface area (Å²) >= 11 is 3.12. The van der Waals surface area contributed by atoms with Gasteiger partial charge in [0.05, 0.1) is 23.6 Å². The Balaban J connectivity index is 1.34. The maximum atomic E-state index is 12.6. The Labute approximate surface area is 223 Å². The molecule has 4 aromatic rings. The Morgan fingerprint density at radius 1 is 1.18 bits per heavy atom. The molecular weight excluding hydrogens is 562 g/mol. The molecule has 2 aromatic heterocycles. The van der Waals surface area contributed by atoms with Gasteiger partial charge in [0.2, 0.25) is 5.76 Å². The van der Waals surface area contributed by atoms with E-state index >= 15 is 0 Å². The number of hydrazone groups is 1. The fraction of sp³-hybridized carbons (Fsp3) is 0.120. The molecule has 194 valence electrons. The zero-order valence-electron chi connectivity index (χ0n) is 19.8. The van der Waals surface area contributed by atoms with Gasteiger partial charge in [-0.15, -0.1) is 0 Å². The monoisotopic (exact) mass is 581 g/mol. The van der Waals surface area contributed by atoms with Gasteiger partial charge < -0.3 is 24.4 Å². The standard InChI is InChI=1S/C25H20BrN5O7/c1-15(17-5-7-19(8-6-17)37-14-20-9-10-22(38-20)25(33)34)27-28-24(32)18-4-2-3-16(11-18)12-30-13-21(26)23(29-30)31(35)36/h2-11,13H,12,14H2,1H3,(H,28,32)(H,33,34). The molecule has 0 saturated heterocycles. The average molecular weight is 582 g/mol. The summed E-state index contributed by atoms with van der Waals surface area (Å²) in [6, 6.07) is 16.7. The smallest absolute Gasteiger partial charge is 0.404 e. The van der Waals surface area contributed by atoms with Gasteiger partial charge in [-0.05, 0) is 87.4 Å². The minimum Gasteiger partial charge on any atom is -0.486 e. The first kappa shape index (κ1) is 26.3. The molecule has 0 bridgehead atoms. The van der Waals surface area contributed by atoms with Gasteiger partial charge in [0.25, 0.3) is 5.91 Å². The number of hydrogen-bond acceptors (Lipinski definition) is 8. The summed E-state index contributed by atoms with van der Waals surface area (Å²) in [5.41, 5.74) is 4.94. The van der Waals surface area contributed by atoms with E-state index in [1.165, 1.54) is 23.0 Å². The van der Waals surface area contributed by atoms with Crippen LogP contribution in [-0.2, 0) is 13.2 Å². The Bertz CT molecular complexity index is 1530. The summed E-state index contributed by atoms with van der Waals surface area (Å²) in [6.07, 6.45) is 1.50. The molecule has 2 N–H and O–H groups in total. The number of benzene rings is 2. The van der Waals surface area contributed by atoms with Gasteiger partial charge in [0.1, 0.15) is 22.6 Å². The number of carboxylic acids is 1. The van der Waals surface area contributed by atoms with Crippen molar-refractivity contribution in [3.05, 3.63) is 110 Å². The molecule has 0 unspecified atom stereocenters. The molecule has 0 saturated carbocycles. The van der Waals surface area contributed by atoms with Gasteiger partial charge in [0, 0.05) is 5.56 Å². The Hall–Kier alpha value is -4.78. The molecule has 0 aliphatic carbocycles. The van der Waals surface area contributed by atoms with E-state index in [1.807, 2.05) is 0 Å². The van der Waals surface area contributed by atoms with Crippen LogP contribution in [0.3, 0.4) is 0 Å². The van der Waals surface area contributed by atoms with Gasteiger partial charge in [-0.2, -0.15) is 9.78 Å². The van der Waals surface area contributed by atoms with Crippen molar-refractivity contribution in [2.75, 3.05) is 0 Å². The normalized spacial score (nSPS) is 11.3. The molecule has 4 rings (SSSR count). The quantitative estimate of drug-likeness (QED) is 0.155. The van der Waals surface area contributed by atoms with Crippen LogP contribution in [0.25, 0.3) is 0 Å². The highest BCUT2D eigenvalue weighted by atomic mass is 79.9. The predicted octanol–water partition coefficient (Wildman–Crippen LogP) is 4.63. The Morgan fingerprint density at radius 3 is 2.61 bits per heavy atom. The second-order valence-electron chi connectivity index (χ2n) is 7.98. The number of hydrogen-bond donors (Lipinski definition) is 2. The van der Waals surface area contributed by atoms with Crippen molar-refractivity contribution in [2.45, 2.75) is 20.1 Å². The number of aromatic carboxylic acids is 1. The van der Waals surface area contributed by atoms with Crippen molar-refractivity contribution in [2.24, 2.45) is 5.10 Å². The van der Waals surface area contributed by atoms with Gasteiger partial charge in [0.15, 0.2) is 0 Å². The number of nitrogens with zero attached hydrogens (tertiary/aromatic N) is 4. The summed E-state index contributed by atoms with van der Waals surface area (Å²) < 4.78 is 12.5. The molecule has 13 heteroatoms. The van der Waals surface area contributed by atoms with E-state index in [1.54, 1.807) is 55.5 Å². The number of aromatic nitrogens is 2. The van der Waals surface area contributed by atoms with Crippen molar-refractivity contribution < 1.29 is 28.8 Å². The van der Waals surface area contributed by atoms with Crippen LogP contribution in [0.2, 0.25) is 0 Å². The molecule has 0 aliphatic rings. The van der Waals surface area contributed by atoms with Gasteiger partial charge >= 0.3 is 11.8 Å². The largest absolute Gasteiger partial charge is 0.486 e. The molecule has 0 spiro atoms. The summed E-state index contributed by atoms with van der Waals surface area (Å²) in [6.45, 7) is 2.06. The predicted molar refractivity (Wildman–Crippen MR) is 138 cm³/mol. The molecule has 0 fully saturated rings. The third-order valence-electron chi connectivity index (χ3n) is 5.26. The maximum Gasteiger partial charge on any atom is 0.404 e. The van der Waals surface area contributed by atoms with Crippen molar-refractivity contribution in [3.63, 3.8) is 0 Å². The van der Waals surface area contributed by atoms with E-state index in [0.29, 0.717) is 22.8 Å². The first-order valence-corrected chi connectivity index (χ1v) is 11.8. The summed E-state index contributed by atoms with van der Waals surface area (Å²) in [7, 11) is 0. The fourth-order valence-electron chi connectivity index (χ4n) is 3.37. The lowest BCUT2D eigenvalue weighted by Gasteiger charge is -2.07. The van der Waals surface area contributed by atoms with E-state index in [0.717, 1.165) is 11.1 Å². The first-order chi connectivity index (χ1) is 18.2. The summed E-state index contributed by atoms with van der Waals surface area (Å²) in [5.74, 6) is -1.07. The molecule has 12 nitrogen and oxygen atoms in total. The van der Waals surface area contributed by atoms with Crippen LogP contribution in [-0.4, -0.2) is 37.4 Å². The van der Waals surface area contributed by atoms with Gasteiger partial charge in [-0.1, -0.05) is 12.1 Å². The van der Waals surface area contributed by atoms with Crippen LogP contribution in [0.4, 0.5) is 5.82 Å². The summed E-state index contributed by atoms with van der Waals surface area (Å²) in [4.78, 5) is 33.9. The highest BCUT2D eigenvalue weighted by molar-refractivity contribution is 9.10. The minimum atomic E-state index is -1.15. The highest BCUT2D eigenvalue weighted by Gasteiger charge is 2.19. The number of ether oxygens (including phenoxy) is 1. The molecule has 0 atom stereocenters. The van der Waals surface area contributed by atoms with Crippen LogP contribution in [0.1, 0.15) is 44.7 Å². The Morgan fingerprint density at radius 2 is 1.95 bits per heavy atom. The molecular formula is C25H20BrN5O7. The SMILES string of the molecule is CC(=NNC(=O)c1cccc(Cn2cc(Br)c([N+](=O)[O-])n2)c1)c1ccc(OCc2ccc(C(=O)O)o2)cc1. The number of furan rings is 1. The highest BCUT2D eigenvalue weighted by Crippen LogP contribution is 2.22. The number of carbonyl (C=O) groups is 2. The third-order valence-corrected chi connectivity index (χ3v) is 5.82. The second-order valence-corrected chi connectivity index (χ2v) is 8.83. The van der Waals surface area contributed by atoms with Crippen LogP contribution < -0.4 is 10.2 Å². The van der Waals surface area contributed by atoms with E-state index in [2.05, 4.69) is 31.6 Å². The van der Waals surface area contributed by atoms with E-state index < -0.39 is 16.8 Å². The van der Waals surface area contributed by atoms with Crippen LogP contribution in [0.5, 0.6) is 5.75 Å².